The van der Waals surface area contributed by atoms with E-state index in [4.69, 9.17) is 0 Å². The second kappa shape index (κ2) is 6.23. The Hall–Kier alpha value is -1.26. The normalized spacial score (nSPS) is 9.43. The van der Waals surface area contributed by atoms with Gasteiger partial charge >= 0.3 is 6.03 Å². The molecule has 1 N–H and O–H groups in total. The number of likely N-dealkylation sites (N-methyl/N-ethyl adjacent to an activating group) is 2. The lowest BCUT2D eigenvalue weighted by Crippen LogP contribution is -2.43. The summed E-state index contributed by atoms with van der Waals surface area (Å²) >= 11 is 0. The zero-order valence-corrected chi connectivity index (χ0v) is 9.33. The van der Waals surface area contributed by atoms with Crippen molar-refractivity contribution in [3.8, 4) is 0 Å². The second-order valence-electron chi connectivity index (χ2n) is 2.98. The van der Waals surface area contributed by atoms with Crippen molar-refractivity contribution in [2.75, 3.05) is 33.7 Å². The number of nitrogens with zero attached hydrogens (tertiary/aromatic N) is 2. The van der Waals surface area contributed by atoms with E-state index < -0.39 is 0 Å². The summed E-state index contributed by atoms with van der Waals surface area (Å²) in [5.74, 6) is -0.0268. The van der Waals surface area contributed by atoms with Gasteiger partial charge in [-0.25, -0.2) is 4.79 Å². The van der Waals surface area contributed by atoms with E-state index in [0.29, 0.717) is 13.1 Å². The lowest BCUT2D eigenvalue weighted by Gasteiger charge is -2.22. The third-order valence-electron chi connectivity index (χ3n) is 2.05. The van der Waals surface area contributed by atoms with Crippen LogP contribution < -0.4 is 5.32 Å². The van der Waals surface area contributed by atoms with Gasteiger partial charge in [0.05, 0.1) is 0 Å². The van der Waals surface area contributed by atoms with Crippen molar-refractivity contribution < 1.29 is 9.59 Å². The quantitative estimate of drug-likeness (QED) is 0.702. The Morgan fingerprint density at radius 3 is 2.07 bits per heavy atom. The first-order valence-electron chi connectivity index (χ1n) is 4.77. The van der Waals surface area contributed by atoms with Crippen LogP contribution >= 0.6 is 0 Å². The van der Waals surface area contributed by atoms with Gasteiger partial charge in [-0.2, -0.15) is 0 Å². The molecule has 0 bridgehead atoms. The summed E-state index contributed by atoms with van der Waals surface area (Å²) in [5.41, 5.74) is 0. The Morgan fingerprint density at radius 2 is 1.71 bits per heavy atom. The largest absolute Gasteiger partial charge is 0.342 e. The van der Waals surface area contributed by atoms with E-state index in [1.807, 2.05) is 13.8 Å². The van der Waals surface area contributed by atoms with E-state index in [2.05, 4.69) is 5.32 Å². The van der Waals surface area contributed by atoms with Crippen LogP contribution in [0.3, 0.4) is 0 Å². The van der Waals surface area contributed by atoms with Gasteiger partial charge < -0.3 is 15.1 Å². The predicted octanol–water partition coefficient (Wildman–Crippen LogP) is 0.126. The van der Waals surface area contributed by atoms with E-state index in [0.717, 1.165) is 0 Å². The van der Waals surface area contributed by atoms with Crippen LogP contribution in [0.2, 0.25) is 0 Å². The topological polar surface area (TPSA) is 52.7 Å². The maximum Gasteiger partial charge on any atom is 0.317 e. The summed E-state index contributed by atoms with van der Waals surface area (Å²) in [6.45, 7) is 5.32. The van der Waals surface area contributed by atoms with Gasteiger partial charge in [-0.3, -0.25) is 4.79 Å². The summed E-state index contributed by atoms with van der Waals surface area (Å²) in [6.07, 6.45) is 0. The number of carbonyl (C=O) groups is 2. The average Bonchev–Trinajstić information content (AvgIpc) is 2.18. The summed E-state index contributed by atoms with van der Waals surface area (Å²) in [7, 11) is 3.14. The maximum atomic E-state index is 11.5. The molecule has 0 heterocycles. The standard InChI is InChI=1S/C9H19N3O2/c1-5-12(6-2)8(13)7-11(4)9(14)10-3/h5-7H2,1-4H3,(H,10,14). The van der Waals surface area contributed by atoms with Crippen LogP contribution in [-0.2, 0) is 4.79 Å². The fourth-order valence-corrected chi connectivity index (χ4v) is 1.14. The molecule has 0 radical (unpaired) electrons. The van der Waals surface area contributed by atoms with Crippen molar-refractivity contribution >= 4 is 11.9 Å². The highest BCUT2D eigenvalue weighted by molar-refractivity contribution is 5.83. The first-order valence-corrected chi connectivity index (χ1v) is 4.77. The molecule has 0 saturated heterocycles. The molecule has 5 nitrogen and oxygen atoms in total. The lowest BCUT2D eigenvalue weighted by molar-refractivity contribution is -0.131. The molecule has 0 rings (SSSR count). The minimum Gasteiger partial charge on any atom is -0.342 e. The molecule has 0 fully saturated rings. The highest BCUT2D eigenvalue weighted by Crippen LogP contribution is 1.92. The zero-order chi connectivity index (χ0) is 11.1. The summed E-state index contributed by atoms with van der Waals surface area (Å²) in [4.78, 5) is 25.7. The van der Waals surface area contributed by atoms with Gasteiger partial charge in [0, 0.05) is 27.2 Å². The average molecular weight is 201 g/mol. The predicted molar refractivity (Wildman–Crippen MR) is 55.0 cm³/mol. The molecule has 3 amide bonds. The van der Waals surface area contributed by atoms with Crippen molar-refractivity contribution in [3.05, 3.63) is 0 Å². The fourth-order valence-electron chi connectivity index (χ4n) is 1.14. The molecular weight excluding hydrogens is 182 g/mol. The van der Waals surface area contributed by atoms with Crippen molar-refractivity contribution in [2.45, 2.75) is 13.8 Å². The van der Waals surface area contributed by atoms with Crippen LogP contribution in [0.1, 0.15) is 13.8 Å². The minimum atomic E-state index is -0.245. The number of amides is 3. The maximum absolute atomic E-state index is 11.5. The molecule has 82 valence electrons. The van der Waals surface area contributed by atoms with Gasteiger partial charge in [0.25, 0.3) is 0 Å². The third kappa shape index (κ3) is 3.64. The molecule has 0 aromatic rings. The van der Waals surface area contributed by atoms with E-state index in [1.165, 1.54) is 4.90 Å². The molecule has 5 heteroatoms. The monoisotopic (exact) mass is 201 g/mol. The molecule has 0 unspecified atom stereocenters. The number of nitrogens with one attached hydrogen (secondary N) is 1. The van der Waals surface area contributed by atoms with Gasteiger partial charge in [-0.1, -0.05) is 0 Å². The van der Waals surface area contributed by atoms with E-state index in [9.17, 15) is 9.59 Å². The van der Waals surface area contributed by atoms with Crippen LogP contribution in [0.4, 0.5) is 4.79 Å². The van der Waals surface area contributed by atoms with Crippen molar-refractivity contribution in [2.24, 2.45) is 0 Å². The Bertz CT molecular complexity index is 202. The third-order valence-corrected chi connectivity index (χ3v) is 2.05. The first kappa shape index (κ1) is 12.7. The number of hydrogen-bond donors (Lipinski definition) is 1. The number of carbonyl (C=O) groups excluding carboxylic acids is 2. The summed E-state index contributed by atoms with van der Waals surface area (Å²) in [6, 6.07) is -0.245. The Kier molecular flexibility index (Phi) is 5.67. The molecule has 0 spiro atoms. The van der Waals surface area contributed by atoms with Crippen molar-refractivity contribution in [3.63, 3.8) is 0 Å². The summed E-state index contributed by atoms with van der Waals surface area (Å²) < 4.78 is 0. The molecule has 0 saturated carbocycles. The van der Waals surface area contributed by atoms with Crippen LogP contribution in [0.5, 0.6) is 0 Å². The van der Waals surface area contributed by atoms with Gasteiger partial charge in [0.2, 0.25) is 5.91 Å². The zero-order valence-electron chi connectivity index (χ0n) is 9.33. The Labute approximate surface area is 85.1 Å². The van der Waals surface area contributed by atoms with Gasteiger partial charge in [-0.15, -0.1) is 0 Å². The van der Waals surface area contributed by atoms with Gasteiger partial charge in [0.1, 0.15) is 6.54 Å². The molecule has 0 aromatic carbocycles. The fraction of sp³-hybridized carbons (Fsp3) is 0.778. The molecule has 0 aliphatic heterocycles. The van der Waals surface area contributed by atoms with Crippen molar-refractivity contribution in [1.29, 1.82) is 0 Å². The smallest absolute Gasteiger partial charge is 0.317 e. The van der Waals surface area contributed by atoms with E-state index in [-0.39, 0.29) is 18.5 Å². The van der Waals surface area contributed by atoms with Crippen LogP contribution in [0.25, 0.3) is 0 Å². The highest BCUT2D eigenvalue weighted by Gasteiger charge is 2.14. The van der Waals surface area contributed by atoms with Crippen LogP contribution in [0, 0.1) is 0 Å². The van der Waals surface area contributed by atoms with Gasteiger partial charge in [-0.05, 0) is 13.8 Å². The van der Waals surface area contributed by atoms with E-state index >= 15 is 0 Å². The molecule has 0 aliphatic rings. The number of urea groups is 1. The van der Waals surface area contributed by atoms with Gasteiger partial charge in [0.15, 0.2) is 0 Å². The first-order chi connectivity index (χ1) is 6.56. The van der Waals surface area contributed by atoms with Crippen molar-refractivity contribution in [1.82, 2.24) is 15.1 Å². The Morgan fingerprint density at radius 1 is 1.21 bits per heavy atom. The van der Waals surface area contributed by atoms with E-state index in [1.54, 1.807) is 19.0 Å². The minimum absolute atomic E-state index is 0.0268. The second-order valence-corrected chi connectivity index (χ2v) is 2.98. The molecule has 14 heavy (non-hydrogen) atoms. The Balaban J connectivity index is 4.10. The molecule has 0 aromatic heterocycles. The van der Waals surface area contributed by atoms with Crippen LogP contribution in [0.15, 0.2) is 0 Å². The van der Waals surface area contributed by atoms with Crippen LogP contribution in [-0.4, -0.2) is 55.5 Å². The highest BCUT2D eigenvalue weighted by atomic mass is 16.2. The molecule has 0 aliphatic carbocycles. The number of rotatable bonds is 4. The SMILES string of the molecule is CCN(CC)C(=O)CN(C)C(=O)NC. The molecular formula is C9H19N3O2. The molecule has 0 atom stereocenters. The lowest BCUT2D eigenvalue weighted by atomic mass is 10.4. The number of hydrogen-bond acceptors (Lipinski definition) is 2. The summed E-state index contributed by atoms with van der Waals surface area (Å²) in [5, 5.41) is 2.46.